The van der Waals surface area contributed by atoms with E-state index >= 15 is 0 Å². The number of nitrogen functional groups attached to an aromatic ring is 1. The first-order valence-corrected chi connectivity index (χ1v) is 6.36. The van der Waals surface area contributed by atoms with E-state index in [4.69, 9.17) is 22.7 Å². The maximum atomic E-state index is 7.44. The molecular formula is C12H11ClN4S. The molecule has 4 nitrogen and oxygen atoms in total. The van der Waals surface area contributed by atoms with Crippen LogP contribution >= 0.6 is 23.4 Å². The molecule has 0 aliphatic carbocycles. The van der Waals surface area contributed by atoms with Crippen molar-refractivity contribution in [1.82, 2.24) is 9.97 Å². The summed E-state index contributed by atoms with van der Waals surface area (Å²) in [7, 11) is 0. The maximum absolute atomic E-state index is 7.44. The second kappa shape index (κ2) is 5.37. The Morgan fingerprint density at radius 3 is 2.72 bits per heavy atom. The topological polar surface area (TPSA) is 75.7 Å². The summed E-state index contributed by atoms with van der Waals surface area (Å²) in [6.45, 7) is 1.87. The van der Waals surface area contributed by atoms with Gasteiger partial charge in [-0.2, -0.15) is 0 Å². The third kappa shape index (κ3) is 3.21. The summed E-state index contributed by atoms with van der Waals surface area (Å²) in [5, 5.41) is 9.60. The molecule has 3 N–H and O–H groups in total. The van der Waals surface area contributed by atoms with Crippen LogP contribution in [0.2, 0.25) is 5.02 Å². The smallest absolute Gasteiger partial charge is 0.122 e. The number of amidine groups is 1. The summed E-state index contributed by atoms with van der Waals surface area (Å²) < 4.78 is 0. The molecule has 0 saturated carbocycles. The molecular weight excluding hydrogens is 268 g/mol. The van der Waals surface area contributed by atoms with Crippen LogP contribution in [0.25, 0.3) is 0 Å². The van der Waals surface area contributed by atoms with Crippen molar-refractivity contribution in [2.24, 2.45) is 5.73 Å². The summed E-state index contributed by atoms with van der Waals surface area (Å²) in [6.07, 6.45) is 1.59. The van der Waals surface area contributed by atoms with Gasteiger partial charge in [0.1, 0.15) is 15.9 Å². The Morgan fingerprint density at radius 2 is 2.11 bits per heavy atom. The van der Waals surface area contributed by atoms with E-state index in [1.54, 1.807) is 24.4 Å². The summed E-state index contributed by atoms with van der Waals surface area (Å²) in [5.74, 6) is 0.0337. The number of aromatic nitrogens is 2. The molecule has 0 aliphatic rings. The minimum atomic E-state index is 0.0337. The molecule has 0 amide bonds. The van der Waals surface area contributed by atoms with Crippen molar-refractivity contribution >= 4 is 29.2 Å². The standard InChI is InChI=1S/C12H11ClN4S/c1-7-4-8(12(14)15)5-11(17-7)18-10-3-2-9(13)6-16-10/h2-6H,1H3,(H3,14,15). The van der Waals surface area contributed by atoms with E-state index in [-0.39, 0.29) is 5.84 Å². The van der Waals surface area contributed by atoms with Crippen molar-refractivity contribution in [2.75, 3.05) is 0 Å². The van der Waals surface area contributed by atoms with Gasteiger partial charge < -0.3 is 5.73 Å². The molecule has 0 aliphatic heterocycles. The first kappa shape index (κ1) is 12.9. The maximum Gasteiger partial charge on any atom is 0.122 e. The Labute approximate surface area is 114 Å². The van der Waals surface area contributed by atoms with Gasteiger partial charge >= 0.3 is 0 Å². The molecule has 2 heterocycles. The number of rotatable bonds is 3. The number of nitrogens with zero attached hydrogens (tertiary/aromatic N) is 2. The molecule has 0 bridgehead atoms. The predicted octanol–water partition coefficient (Wildman–Crippen LogP) is 2.87. The first-order chi connectivity index (χ1) is 8.54. The SMILES string of the molecule is Cc1cc(C(=N)N)cc(Sc2ccc(Cl)cn2)n1. The minimum absolute atomic E-state index is 0.0337. The molecule has 0 atom stereocenters. The van der Waals surface area contributed by atoms with E-state index in [0.29, 0.717) is 10.6 Å². The number of nitrogens with one attached hydrogen (secondary N) is 1. The van der Waals surface area contributed by atoms with Crippen LogP contribution in [0.4, 0.5) is 0 Å². The van der Waals surface area contributed by atoms with E-state index in [1.807, 2.05) is 13.0 Å². The first-order valence-electron chi connectivity index (χ1n) is 5.17. The second-order valence-electron chi connectivity index (χ2n) is 3.67. The van der Waals surface area contributed by atoms with Crippen LogP contribution in [0.15, 0.2) is 40.5 Å². The third-order valence-electron chi connectivity index (χ3n) is 2.15. The van der Waals surface area contributed by atoms with Gasteiger partial charge in [0.15, 0.2) is 0 Å². The quantitative estimate of drug-likeness (QED) is 0.669. The van der Waals surface area contributed by atoms with E-state index < -0.39 is 0 Å². The molecule has 18 heavy (non-hydrogen) atoms. The largest absolute Gasteiger partial charge is 0.384 e. The van der Waals surface area contributed by atoms with Gasteiger partial charge in [0.2, 0.25) is 0 Å². The normalized spacial score (nSPS) is 10.3. The number of nitrogens with two attached hydrogens (primary N) is 1. The molecule has 2 aromatic heterocycles. The van der Waals surface area contributed by atoms with Crippen molar-refractivity contribution in [2.45, 2.75) is 17.0 Å². The zero-order chi connectivity index (χ0) is 13.1. The lowest BCUT2D eigenvalue weighted by molar-refractivity contribution is 1.04. The highest BCUT2D eigenvalue weighted by Gasteiger charge is 2.05. The van der Waals surface area contributed by atoms with Gasteiger partial charge in [-0.25, -0.2) is 9.97 Å². The van der Waals surface area contributed by atoms with Gasteiger partial charge in [-0.1, -0.05) is 23.4 Å². The number of hydrogen-bond donors (Lipinski definition) is 2. The van der Waals surface area contributed by atoms with Crippen LogP contribution in [0, 0.1) is 12.3 Å². The second-order valence-corrected chi connectivity index (χ2v) is 5.14. The summed E-state index contributed by atoms with van der Waals surface area (Å²) in [4.78, 5) is 8.56. The lowest BCUT2D eigenvalue weighted by Crippen LogP contribution is -2.11. The van der Waals surface area contributed by atoms with Crippen LogP contribution < -0.4 is 5.73 Å². The monoisotopic (exact) mass is 278 g/mol. The zero-order valence-corrected chi connectivity index (χ0v) is 11.2. The molecule has 92 valence electrons. The van der Waals surface area contributed by atoms with Gasteiger partial charge in [-0.05, 0) is 31.2 Å². The van der Waals surface area contributed by atoms with E-state index in [1.165, 1.54) is 11.8 Å². The van der Waals surface area contributed by atoms with Crippen molar-refractivity contribution in [3.05, 3.63) is 46.7 Å². The average Bonchev–Trinajstić information content (AvgIpc) is 2.31. The average molecular weight is 279 g/mol. The molecule has 2 rings (SSSR count). The molecule has 0 unspecified atom stereocenters. The number of halogens is 1. The molecule has 0 saturated heterocycles. The highest BCUT2D eigenvalue weighted by atomic mass is 35.5. The Kier molecular flexibility index (Phi) is 3.84. The number of aryl methyl sites for hydroxylation is 1. The fourth-order valence-electron chi connectivity index (χ4n) is 1.38. The number of hydrogen-bond acceptors (Lipinski definition) is 4. The van der Waals surface area contributed by atoms with E-state index in [9.17, 15) is 0 Å². The summed E-state index contributed by atoms with van der Waals surface area (Å²) in [6, 6.07) is 7.15. The lowest BCUT2D eigenvalue weighted by atomic mass is 10.2. The summed E-state index contributed by atoms with van der Waals surface area (Å²) >= 11 is 7.18. The highest BCUT2D eigenvalue weighted by Crippen LogP contribution is 2.26. The van der Waals surface area contributed by atoms with Crippen molar-refractivity contribution in [3.63, 3.8) is 0 Å². The molecule has 6 heteroatoms. The molecule has 2 aromatic rings. The van der Waals surface area contributed by atoms with E-state index in [2.05, 4.69) is 9.97 Å². The highest BCUT2D eigenvalue weighted by molar-refractivity contribution is 7.99. The van der Waals surface area contributed by atoms with Gasteiger partial charge in [0.25, 0.3) is 0 Å². The van der Waals surface area contributed by atoms with Crippen LogP contribution in [0.5, 0.6) is 0 Å². The third-order valence-corrected chi connectivity index (χ3v) is 3.24. The Hall–Kier alpha value is -1.59. The summed E-state index contributed by atoms with van der Waals surface area (Å²) in [5.41, 5.74) is 6.96. The Balaban J connectivity index is 2.28. The minimum Gasteiger partial charge on any atom is -0.384 e. The molecule has 0 aromatic carbocycles. The Bertz CT molecular complexity index is 583. The van der Waals surface area contributed by atoms with Crippen LogP contribution in [0.3, 0.4) is 0 Å². The fraction of sp³-hybridized carbons (Fsp3) is 0.0833. The van der Waals surface area contributed by atoms with Crippen LogP contribution in [0.1, 0.15) is 11.3 Å². The van der Waals surface area contributed by atoms with Gasteiger partial charge in [0, 0.05) is 17.5 Å². The zero-order valence-electron chi connectivity index (χ0n) is 9.64. The van der Waals surface area contributed by atoms with Gasteiger partial charge in [0.05, 0.1) is 5.02 Å². The van der Waals surface area contributed by atoms with Crippen LogP contribution in [-0.2, 0) is 0 Å². The van der Waals surface area contributed by atoms with Gasteiger partial charge in [-0.15, -0.1) is 0 Å². The van der Waals surface area contributed by atoms with Crippen molar-refractivity contribution < 1.29 is 0 Å². The molecule has 0 radical (unpaired) electrons. The van der Waals surface area contributed by atoms with E-state index in [0.717, 1.165) is 15.7 Å². The fourth-order valence-corrected chi connectivity index (χ4v) is 2.32. The van der Waals surface area contributed by atoms with Gasteiger partial charge in [-0.3, -0.25) is 5.41 Å². The Morgan fingerprint density at radius 1 is 1.33 bits per heavy atom. The lowest BCUT2D eigenvalue weighted by Gasteiger charge is -2.05. The molecule has 0 spiro atoms. The van der Waals surface area contributed by atoms with Crippen molar-refractivity contribution in [3.8, 4) is 0 Å². The predicted molar refractivity (Wildman–Crippen MR) is 73.4 cm³/mol. The molecule has 0 fully saturated rings. The van der Waals surface area contributed by atoms with Crippen molar-refractivity contribution in [1.29, 1.82) is 5.41 Å². The van der Waals surface area contributed by atoms with Crippen LogP contribution in [-0.4, -0.2) is 15.8 Å². The number of pyridine rings is 2.